The van der Waals surface area contributed by atoms with Crippen LogP contribution in [0.15, 0.2) is 12.2 Å². The molecule has 13 heavy (non-hydrogen) atoms. The highest BCUT2D eigenvalue weighted by Crippen LogP contribution is 2.31. The summed E-state index contributed by atoms with van der Waals surface area (Å²) in [6.45, 7) is 2.27. The van der Waals surface area contributed by atoms with Gasteiger partial charge in [-0.05, 0) is 24.9 Å². The van der Waals surface area contributed by atoms with E-state index in [2.05, 4.69) is 0 Å². The van der Waals surface area contributed by atoms with Crippen molar-refractivity contribution in [3.05, 3.63) is 12.2 Å². The predicted octanol–water partition coefficient (Wildman–Crippen LogP) is 2.30. The summed E-state index contributed by atoms with van der Waals surface area (Å²) in [5.41, 5.74) is 0. The molecule has 74 valence electrons. The van der Waals surface area contributed by atoms with Crippen molar-refractivity contribution in [2.45, 2.75) is 17.9 Å². The maximum atomic E-state index is 11.0. The zero-order valence-electron chi connectivity index (χ0n) is 7.69. The smallest absolute Gasteiger partial charge is 0.330 e. The molecule has 0 aromatic carbocycles. The minimum Gasteiger partial charge on any atom is -0.463 e. The third kappa shape index (κ3) is 4.62. The lowest BCUT2D eigenvalue weighted by molar-refractivity contribution is -0.137. The Kier molecular flexibility index (Phi) is 5.39. The van der Waals surface area contributed by atoms with E-state index in [9.17, 15) is 4.79 Å². The molecule has 1 fully saturated rings. The molecule has 0 N–H and O–H groups in total. The van der Waals surface area contributed by atoms with E-state index in [0.29, 0.717) is 11.2 Å². The average Bonchev–Trinajstić information content (AvgIpc) is 2.17. The van der Waals surface area contributed by atoms with Crippen molar-refractivity contribution in [3.8, 4) is 0 Å². The molecule has 0 aromatic heterocycles. The lowest BCUT2D eigenvalue weighted by Gasteiger charge is -2.16. The van der Waals surface area contributed by atoms with Crippen LogP contribution in [0.3, 0.4) is 0 Å². The number of carbonyl (C=O) groups excluding carboxylic acids is 1. The Morgan fingerprint density at radius 2 is 2.23 bits per heavy atom. The minimum atomic E-state index is -0.228. The second kappa shape index (κ2) is 6.38. The number of ether oxygens (including phenoxy) is 1. The highest BCUT2D eigenvalue weighted by molar-refractivity contribution is 8.17. The standard InChI is InChI=1S/C9H14O2S2/c1-2-11-8(10)4-5-9-12-6-3-7-13-9/h4-5,9H,2-3,6-7H2,1H3/b5-4+. The van der Waals surface area contributed by atoms with Crippen LogP contribution in [0, 0.1) is 0 Å². The fourth-order valence-corrected chi connectivity index (χ4v) is 3.58. The minimum absolute atomic E-state index is 0.228. The molecule has 0 aromatic rings. The normalized spacial score (nSPS) is 19.2. The van der Waals surface area contributed by atoms with Gasteiger partial charge in [-0.1, -0.05) is 6.08 Å². The topological polar surface area (TPSA) is 26.3 Å². The number of thioether (sulfide) groups is 2. The van der Waals surface area contributed by atoms with Gasteiger partial charge in [-0.2, -0.15) is 0 Å². The number of hydrogen-bond acceptors (Lipinski definition) is 4. The van der Waals surface area contributed by atoms with Gasteiger partial charge in [0.25, 0.3) is 0 Å². The van der Waals surface area contributed by atoms with E-state index in [0.717, 1.165) is 0 Å². The third-order valence-corrected chi connectivity index (χ3v) is 4.37. The molecular weight excluding hydrogens is 204 g/mol. The molecule has 0 aliphatic carbocycles. The van der Waals surface area contributed by atoms with Crippen LogP contribution in [-0.4, -0.2) is 28.7 Å². The van der Waals surface area contributed by atoms with E-state index in [1.165, 1.54) is 17.9 Å². The summed E-state index contributed by atoms with van der Waals surface area (Å²) in [5.74, 6) is 2.17. The summed E-state index contributed by atoms with van der Waals surface area (Å²) in [6.07, 6.45) is 4.76. The first kappa shape index (κ1) is 11.0. The van der Waals surface area contributed by atoms with Crippen LogP contribution in [0.2, 0.25) is 0 Å². The molecule has 1 rings (SSSR count). The Balaban J connectivity index is 2.24. The Hall–Kier alpha value is -0.0900. The first-order valence-corrected chi connectivity index (χ1v) is 6.51. The summed E-state index contributed by atoms with van der Waals surface area (Å²) in [7, 11) is 0. The van der Waals surface area contributed by atoms with Gasteiger partial charge in [-0.15, -0.1) is 23.5 Å². The van der Waals surface area contributed by atoms with Gasteiger partial charge >= 0.3 is 5.97 Å². The molecule has 0 unspecified atom stereocenters. The van der Waals surface area contributed by atoms with Crippen molar-refractivity contribution in [2.75, 3.05) is 18.1 Å². The van der Waals surface area contributed by atoms with Crippen molar-refractivity contribution in [1.82, 2.24) is 0 Å². The van der Waals surface area contributed by atoms with Gasteiger partial charge in [0.1, 0.15) is 0 Å². The quantitative estimate of drug-likeness (QED) is 0.536. The van der Waals surface area contributed by atoms with Gasteiger partial charge < -0.3 is 4.74 Å². The van der Waals surface area contributed by atoms with Crippen LogP contribution in [0.5, 0.6) is 0 Å². The molecule has 0 saturated carbocycles. The van der Waals surface area contributed by atoms with E-state index in [1.54, 1.807) is 6.08 Å². The molecule has 0 atom stereocenters. The zero-order chi connectivity index (χ0) is 9.52. The van der Waals surface area contributed by atoms with Crippen molar-refractivity contribution in [1.29, 1.82) is 0 Å². The van der Waals surface area contributed by atoms with Gasteiger partial charge in [0, 0.05) is 6.08 Å². The summed E-state index contributed by atoms with van der Waals surface area (Å²) < 4.78 is 5.23. The van der Waals surface area contributed by atoms with Crippen molar-refractivity contribution in [3.63, 3.8) is 0 Å². The average molecular weight is 218 g/mol. The molecule has 0 spiro atoms. The molecule has 1 aliphatic heterocycles. The lowest BCUT2D eigenvalue weighted by atomic mass is 10.5. The molecule has 0 bridgehead atoms. The van der Waals surface area contributed by atoms with Crippen molar-refractivity contribution >= 4 is 29.5 Å². The largest absolute Gasteiger partial charge is 0.463 e. The van der Waals surface area contributed by atoms with Gasteiger partial charge in [-0.3, -0.25) is 0 Å². The number of carbonyl (C=O) groups is 1. The molecule has 2 nitrogen and oxygen atoms in total. The van der Waals surface area contributed by atoms with E-state index in [4.69, 9.17) is 4.74 Å². The Morgan fingerprint density at radius 3 is 2.85 bits per heavy atom. The summed E-state index contributed by atoms with van der Waals surface area (Å²) in [6, 6.07) is 0. The Morgan fingerprint density at radius 1 is 1.54 bits per heavy atom. The molecule has 1 aliphatic rings. The zero-order valence-corrected chi connectivity index (χ0v) is 9.33. The molecule has 0 amide bonds. The van der Waals surface area contributed by atoms with Gasteiger partial charge in [0.2, 0.25) is 0 Å². The fourth-order valence-electron chi connectivity index (χ4n) is 0.965. The van der Waals surface area contributed by atoms with E-state index < -0.39 is 0 Å². The first-order valence-electron chi connectivity index (χ1n) is 4.41. The molecule has 0 radical (unpaired) electrons. The van der Waals surface area contributed by atoms with E-state index in [1.807, 2.05) is 36.5 Å². The van der Waals surface area contributed by atoms with E-state index >= 15 is 0 Å². The van der Waals surface area contributed by atoms with Crippen LogP contribution in [0.4, 0.5) is 0 Å². The summed E-state index contributed by atoms with van der Waals surface area (Å²) >= 11 is 3.78. The fraction of sp³-hybridized carbons (Fsp3) is 0.667. The summed E-state index contributed by atoms with van der Waals surface area (Å²) in [4.78, 5) is 11.0. The summed E-state index contributed by atoms with van der Waals surface area (Å²) in [5, 5.41) is 0. The SMILES string of the molecule is CCOC(=O)/C=C/C1SCCCS1. The predicted molar refractivity (Wildman–Crippen MR) is 59.1 cm³/mol. The number of rotatable bonds is 3. The van der Waals surface area contributed by atoms with Crippen LogP contribution < -0.4 is 0 Å². The van der Waals surface area contributed by atoms with Crippen LogP contribution in [-0.2, 0) is 9.53 Å². The highest BCUT2D eigenvalue weighted by Gasteiger charge is 2.11. The number of hydrogen-bond donors (Lipinski definition) is 0. The maximum Gasteiger partial charge on any atom is 0.330 e. The van der Waals surface area contributed by atoms with Gasteiger partial charge in [0.05, 0.1) is 11.2 Å². The Labute approximate surface area is 87.5 Å². The second-order valence-electron chi connectivity index (χ2n) is 2.57. The van der Waals surface area contributed by atoms with Crippen molar-refractivity contribution in [2.24, 2.45) is 0 Å². The maximum absolute atomic E-state index is 11.0. The molecular formula is C9H14O2S2. The third-order valence-electron chi connectivity index (χ3n) is 1.53. The van der Waals surface area contributed by atoms with Crippen LogP contribution >= 0.6 is 23.5 Å². The van der Waals surface area contributed by atoms with Crippen molar-refractivity contribution < 1.29 is 9.53 Å². The van der Waals surface area contributed by atoms with Crippen LogP contribution in [0.25, 0.3) is 0 Å². The van der Waals surface area contributed by atoms with Gasteiger partial charge in [0.15, 0.2) is 0 Å². The molecule has 1 saturated heterocycles. The van der Waals surface area contributed by atoms with E-state index in [-0.39, 0.29) is 5.97 Å². The molecule has 1 heterocycles. The lowest BCUT2D eigenvalue weighted by Crippen LogP contribution is -2.05. The van der Waals surface area contributed by atoms with Gasteiger partial charge in [-0.25, -0.2) is 4.79 Å². The Bertz CT molecular complexity index is 186. The first-order chi connectivity index (χ1) is 6.33. The number of esters is 1. The van der Waals surface area contributed by atoms with Crippen LogP contribution in [0.1, 0.15) is 13.3 Å². The highest BCUT2D eigenvalue weighted by atomic mass is 32.2. The molecule has 4 heteroatoms. The second-order valence-corrected chi connectivity index (χ2v) is 5.37. The monoisotopic (exact) mass is 218 g/mol.